The van der Waals surface area contributed by atoms with Crippen molar-refractivity contribution in [2.45, 2.75) is 24.9 Å². The molecule has 2 nitrogen and oxygen atoms in total. The SMILES string of the molecule is c1cnc2c(c1)CCCC21CO1. The van der Waals surface area contributed by atoms with E-state index in [-0.39, 0.29) is 5.60 Å². The average molecular weight is 161 g/mol. The van der Waals surface area contributed by atoms with Crippen LogP contribution in [0.5, 0.6) is 0 Å². The molecule has 2 aliphatic rings. The maximum Gasteiger partial charge on any atom is 0.134 e. The second-order valence-corrected chi connectivity index (χ2v) is 3.65. The molecule has 0 aromatic carbocycles. The lowest BCUT2D eigenvalue weighted by Gasteiger charge is -2.20. The summed E-state index contributed by atoms with van der Waals surface area (Å²) in [4.78, 5) is 4.41. The monoisotopic (exact) mass is 161 g/mol. The van der Waals surface area contributed by atoms with Crippen molar-refractivity contribution in [2.75, 3.05) is 6.61 Å². The first-order valence-electron chi connectivity index (χ1n) is 4.49. The normalized spacial score (nSPS) is 31.7. The van der Waals surface area contributed by atoms with E-state index in [1.807, 2.05) is 12.3 Å². The van der Waals surface area contributed by atoms with Crippen molar-refractivity contribution in [3.8, 4) is 0 Å². The number of hydrogen-bond donors (Lipinski definition) is 0. The highest BCUT2D eigenvalue weighted by Crippen LogP contribution is 2.46. The molecular weight excluding hydrogens is 150 g/mol. The van der Waals surface area contributed by atoms with Crippen LogP contribution < -0.4 is 0 Å². The van der Waals surface area contributed by atoms with Crippen LogP contribution >= 0.6 is 0 Å². The minimum Gasteiger partial charge on any atom is -0.363 e. The Kier molecular flexibility index (Phi) is 1.14. The van der Waals surface area contributed by atoms with E-state index < -0.39 is 0 Å². The zero-order chi connectivity index (χ0) is 8.02. The van der Waals surface area contributed by atoms with Gasteiger partial charge in [0.1, 0.15) is 5.60 Å². The van der Waals surface area contributed by atoms with Gasteiger partial charge in [0.15, 0.2) is 0 Å². The van der Waals surface area contributed by atoms with Crippen LogP contribution in [0.3, 0.4) is 0 Å². The fourth-order valence-electron chi connectivity index (χ4n) is 2.10. The molecule has 12 heavy (non-hydrogen) atoms. The van der Waals surface area contributed by atoms with Crippen molar-refractivity contribution in [2.24, 2.45) is 0 Å². The number of pyridine rings is 1. The first-order chi connectivity index (χ1) is 5.91. The number of aromatic nitrogens is 1. The summed E-state index contributed by atoms with van der Waals surface area (Å²) in [5.74, 6) is 0. The third-order valence-electron chi connectivity index (χ3n) is 2.84. The summed E-state index contributed by atoms with van der Waals surface area (Å²) in [6.07, 6.45) is 5.46. The Morgan fingerprint density at radius 3 is 3.25 bits per heavy atom. The van der Waals surface area contributed by atoms with Crippen molar-refractivity contribution < 1.29 is 4.74 Å². The molecule has 1 aliphatic carbocycles. The van der Waals surface area contributed by atoms with E-state index in [9.17, 15) is 0 Å². The molecule has 1 aromatic heterocycles. The van der Waals surface area contributed by atoms with Crippen LogP contribution in [0.15, 0.2) is 18.3 Å². The molecule has 0 radical (unpaired) electrons. The molecule has 1 atom stereocenters. The van der Waals surface area contributed by atoms with Crippen molar-refractivity contribution in [1.29, 1.82) is 0 Å². The highest BCUT2D eigenvalue weighted by molar-refractivity contribution is 5.31. The lowest BCUT2D eigenvalue weighted by atomic mass is 9.87. The summed E-state index contributed by atoms with van der Waals surface area (Å²) >= 11 is 0. The van der Waals surface area contributed by atoms with Gasteiger partial charge in [0, 0.05) is 6.20 Å². The summed E-state index contributed by atoms with van der Waals surface area (Å²) < 4.78 is 5.50. The molecule has 62 valence electrons. The maximum atomic E-state index is 5.50. The molecule has 1 aromatic rings. The number of epoxide rings is 1. The quantitative estimate of drug-likeness (QED) is 0.540. The molecule has 0 saturated carbocycles. The van der Waals surface area contributed by atoms with Crippen molar-refractivity contribution in [3.05, 3.63) is 29.6 Å². The molecule has 2 heteroatoms. The summed E-state index contributed by atoms with van der Waals surface area (Å²) in [5, 5.41) is 0. The summed E-state index contributed by atoms with van der Waals surface area (Å²) in [7, 11) is 0. The van der Waals surface area contributed by atoms with Gasteiger partial charge in [-0.1, -0.05) is 6.07 Å². The number of rotatable bonds is 0. The number of ether oxygens (including phenoxy) is 1. The molecule has 0 amide bonds. The lowest BCUT2D eigenvalue weighted by molar-refractivity contribution is 0.270. The number of nitrogens with zero attached hydrogens (tertiary/aromatic N) is 1. The molecule has 1 fully saturated rings. The predicted octanol–water partition coefficient (Wildman–Crippen LogP) is 1.64. The van der Waals surface area contributed by atoms with Gasteiger partial charge in [0.2, 0.25) is 0 Å². The molecule has 1 aliphatic heterocycles. The largest absolute Gasteiger partial charge is 0.363 e. The Labute approximate surface area is 71.6 Å². The van der Waals surface area contributed by atoms with Crippen LogP contribution in [-0.4, -0.2) is 11.6 Å². The predicted molar refractivity (Wildman–Crippen MR) is 44.8 cm³/mol. The zero-order valence-electron chi connectivity index (χ0n) is 6.92. The van der Waals surface area contributed by atoms with Gasteiger partial charge in [-0.25, -0.2) is 0 Å². The summed E-state index contributed by atoms with van der Waals surface area (Å²) in [6, 6.07) is 4.19. The van der Waals surface area contributed by atoms with Crippen LogP contribution in [0.2, 0.25) is 0 Å². The minimum absolute atomic E-state index is 0.0504. The molecule has 0 N–H and O–H groups in total. The van der Waals surface area contributed by atoms with Gasteiger partial charge in [-0.15, -0.1) is 0 Å². The van der Waals surface area contributed by atoms with E-state index in [0.717, 1.165) is 13.0 Å². The molecule has 1 spiro atoms. The Morgan fingerprint density at radius 2 is 2.42 bits per heavy atom. The average Bonchev–Trinajstić information content (AvgIpc) is 2.87. The summed E-state index contributed by atoms with van der Waals surface area (Å²) in [6.45, 7) is 0.886. The van der Waals surface area contributed by atoms with Gasteiger partial charge in [0.25, 0.3) is 0 Å². The number of aryl methyl sites for hydroxylation is 1. The number of fused-ring (bicyclic) bond motifs is 2. The molecule has 3 rings (SSSR count). The minimum atomic E-state index is 0.0504. The molecule has 2 heterocycles. The number of hydrogen-bond acceptors (Lipinski definition) is 2. The fourth-order valence-corrected chi connectivity index (χ4v) is 2.10. The van der Waals surface area contributed by atoms with Crippen LogP contribution in [-0.2, 0) is 16.8 Å². The standard InChI is InChI=1S/C10H11NO/c1-3-8-4-2-6-11-9(8)10(5-1)7-12-10/h2,4,6H,1,3,5,7H2. The summed E-state index contributed by atoms with van der Waals surface area (Å²) in [5.41, 5.74) is 2.65. The third-order valence-corrected chi connectivity index (χ3v) is 2.84. The van der Waals surface area contributed by atoms with Crippen molar-refractivity contribution in [1.82, 2.24) is 4.98 Å². The second-order valence-electron chi connectivity index (χ2n) is 3.65. The van der Waals surface area contributed by atoms with Gasteiger partial charge in [-0.3, -0.25) is 4.98 Å². The van der Waals surface area contributed by atoms with Gasteiger partial charge in [-0.05, 0) is 30.9 Å². The smallest absolute Gasteiger partial charge is 0.134 e. The van der Waals surface area contributed by atoms with E-state index in [2.05, 4.69) is 11.1 Å². The Hall–Kier alpha value is -0.890. The van der Waals surface area contributed by atoms with Crippen molar-refractivity contribution >= 4 is 0 Å². The topological polar surface area (TPSA) is 25.4 Å². The third kappa shape index (κ3) is 0.758. The Bertz CT molecular complexity index is 317. The van der Waals surface area contributed by atoms with E-state index in [0.29, 0.717) is 0 Å². The molecular formula is C10H11NO. The van der Waals surface area contributed by atoms with E-state index in [4.69, 9.17) is 4.74 Å². The van der Waals surface area contributed by atoms with Gasteiger partial charge in [0.05, 0.1) is 12.3 Å². The van der Waals surface area contributed by atoms with Crippen LogP contribution in [0, 0.1) is 0 Å². The van der Waals surface area contributed by atoms with E-state index >= 15 is 0 Å². The Balaban J connectivity index is 2.16. The highest BCUT2D eigenvalue weighted by atomic mass is 16.6. The van der Waals surface area contributed by atoms with E-state index in [1.165, 1.54) is 24.1 Å². The van der Waals surface area contributed by atoms with Gasteiger partial charge in [-0.2, -0.15) is 0 Å². The zero-order valence-corrected chi connectivity index (χ0v) is 6.92. The van der Waals surface area contributed by atoms with Crippen LogP contribution in [0.25, 0.3) is 0 Å². The molecule has 1 unspecified atom stereocenters. The first kappa shape index (κ1) is 6.61. The second kappa shape index (κ2) is 2.07. The van der Waals surface area contributed by atoms with Crippen molar-refractivity contribution in [3.63, 3.8) is 0 Å². The van der Waals surface area contributed by atoms with Gasteiger partial charge >= 0.3 is 0 Å². The van der Waals surface area contributed by atoms with E-state index in [1.54, 1.807) is 0 Å². The fraction of sp³-hybridized carbons (Fsp3) is 0.500. The Morgan fingerprint density at radius 1 is 1.50 bits per heavy atom. The maximum absolute atomic E-state index is 5.50. The van der Waals surface area contributed by atoms with Gasteiger partial charge < -0.3 is 4.74 Å². The molecule has 0 bridgehead atoms. The van der Waals surface area contributed by atoms with Crippen LogP contribution in [0.1, 0.15) is 24.1 Å². The lowest BCUT2D eigenvalue weighted by Crippen LogP contribution is -2.18. The molecule has 1 saturated heterocycles. The first-order valence-corrected chi connectivity index (χ1v) is 4.49. The highest BCUT2D eigenvalue weighted by Gasteiger charge is 2.50. The van der Waals surface area contributed by atoms with Crippen LogP contribution in [0.4, 0.5) is 0 Å².